The first-order valence-electron chi connectivity index (χ1n) is 5.94. The van der Waals surface area contributed by atoms with Gasteiger partial charge in [0.25, 0.3) is 5.82 Å². The Labute approximate surface area is 114 Å². The monoisotopic (exact) mass is 275 g/mol. The smallest absolute Gasteiger partial charge is 0.378 e. The minimum Gasteiger partial charge on any atom is -0.460 e. The first kappa shape index (κ1) is 13.7. The first-order chi connectivity index (χ1) is 9.61. The lowest BCUT2D eigenvalue weighted by Crippen LogP contribution is -2.16. The second-order valence-electron chi connectivity index (χ2n) is 3.95. The zero-order chi connectivity index (χ0) is 14.5. The van der Waals surface area contributed by atoms with Crippen LogP contribution < -0.4 is 5.73 Å². The number of hydrogen-bond acceptors (Lipinski definition) is 6. The van der Waals surface area contributed by atoms with Gasteiger partial charge in [-0.3, -0.25) is 4.79 Å². The lowest BCUT2D eigenvalue weighted by atomic mass is 10.1. The molecule has 0 aliphatic carbocycles. The number of carbonyl (C=O) groups is 2. The Kier molecular flexibility index (Phi) is 4.04. The van der Waals surface area contributed by atoms with Gasteiger partial charge in [-0.2, -0.15) is 0 Å². The molecule has 0 aliphatic rings. The number of aromatic nitrogens is 4. The highest BCUT2D eigenvalue weighted by Crippen LogP contribution is 2.07. The molecule has 0 unspecified atom stereocenters. The number of benzene rings is 1. The molecule has 0 aliphatic heterocycles. The molecule has 1 heterocycles. The number of hydrogen-bond donors (Lipinski definition) is 1. The second kappa shape index (κ2) is 5.91. The molecule has 0 radical (unpaired) electrons. The summed E-state index contributed by atoms with van der Waals surface area (Å²) in [4.78, 5) is 22.7. The van der Waals surface area contributed by atoms with Crippen molar-refractivity contribution in [2.24, 2.45) is 5.73 Å². The quantitative estimate of drug-likeness (QED) is 0.768. The molecular weight excluding hydrogens is 262 g/mol. The van der Waals surface area contributed by atoms with Crippen LogP contribution in [0.5, 0.6) is 0 Å². The van der Waals surface area contributed by atoms with Gasteiger partial charge in [-0.15, -0.1) is 5.10 Å². The number of ether oxygens (including phenoxy) is 1. The van der Waals surface area contributed by atoms with Crippen molar-refractivity contribution in [3.63, 3.8) is 0 Å². The molecule has 1 amide bonds. The fourth-order valence-electron chi connectivity index (χ4n) is 1.65. The van der Waals surface area contributed by atoms with Gasteiger partial charge < -0.3 is 10.5 Å². The Morgan fingerprint density at radius 2 is 2.20 bits per heavy atom. The van der Waals surface area contributed by atoms with Crippen LogP contribution in [0, 0.1) is 0 Å². The van der Waals surface area contributed by atoms with Gasteiger partial charge in [0.15, 0.2) is 0 Å². The first-order valence-corrected chi connectivity index (χ1v) is 5.94. The van der Waals surface area contributed by atoms with E-state index in [4.69, 9.17) is 10.5 Å². The number of nitrogens with two attached hydrogens (primary N) is 1. The van der Waals surface area contributed by atoms with Crippen molar-refractivity contribution >= 4 is 11.9 Å². The van der Waals surface area contributed by atoms with Gasteiger partial charge in [0.05, 0.1) is 13.2 Å². The molecule has 0 spiro atoms. The van der Waals surface area contributed by atoms with Crippen molar-refractivity contribution in [3.8, 4) is 0 Å². The van der Waals surface area contributed by atoms with Crippen LogP contribution in [0.25, 0.3) is 0 Å². The van der Waals surface area contributed by atoms with E-state index in [1.54, 1.807) is 31.2 Å². The molecule has 1 aromatic carbocycles. The van der Waals surface area contributed by atoms with E-state index in [-0.39, 0.29) is 19.0 Å². The van der Waals surface area contributed by atoms with Crippen molar-refractivity contribution in [1.29, 1.82) is 0 Å². The molecular formula is C12H13N5O3. The molecule has 2 N–H and O–H groups in total. The molecule has 2 aromatic rings. The minimum atomic E-state index is -0.594. The molecule has 0 atom stereocenters. The van der Waals surface area contributed by atoms with Crippen LogP contribution in [0.2, 0.25) is 0 Å². The highest BCUT2D eigenvalue weighted by Gasteiger charge is 2.16. The van der Waals surface area contributed by atoms with E-state index in [2.05, 4.69) is 15.5 Å². The van der Waals surface area contributed by atoms with Crippen LogP contribution >= 0.6 is 0 Å². The van der Waals surface area contributed by atoms with E-state index < -0.39 is 11.9 Å². The van der Waals surface area contributed by atoms with Crippen LogP contribution in [0.15, 0.2) is 24.3 Å². The van der Waals surface area contributed by atoms with E-state index in [1.807, 2.05) is 0 Å². The van der Waals surface area contributed by atoms with Crippen LogP contribution in [0.4, 0.5) is 0 Å². The zero-order valence-corrected chi connectivity index (χ0v) is 10.8. The van der Waals surface area contributed by atoms with Crippen LogP contribution in [0.1, 0.15) is 33.5 Å². The van der Waals surface area contributed by atoms with Gasteiger partial charge in [0.1, 0.15) is 0 Å². The third-order valence-corrected chi connectivity index (χ3v) is 2.53. The van der Waals surface area contributed by atoms with Crippen LogP contribution in [-0.4, -0.2) is 38.7 Å². The highest BCUT2D eigenvalue weighted by molar-refractivity contribution is 5.92. The number of carbonyl (C=O) groups excluding carboxylic acids is 2. The van der Waals surface area contributed by atoms with Gasteiger partial charge in [0.2, 0.25) is 5.91 Å². The number of amides is 1. The summed E-state index contributed by atoms with van der Waals surface area (Å²) in [7, 11) is 0. The SMILES string of the molecule is CCOC(=O)c1nnnn1Cc1cccc(C(N)=O)c1. The largest absolute Gasteiger partial charge is 0.460 e. The second-order valence-corrected chi connectivity index (χ2v) is 3.95. The van der Waals surface area contributed by atoms with Crippen molar-refractivity contribution in [1.82, 2.24) is 20.2 Å². The summed E-state index contributed by atoms with van der Waals surface area (Å²) in [5.41, 5.74) is 6.35. The summed E-state index contributed by atoms with van der Waals surface area (Å²) in [5.74, 6) is -1.10. The van der Waals surface area contributed by atoms with Crippen LogP contribution in [-0.2, 0) is 11.3 Å². The Hall–Kier alpha value is -2.77. The average molecular weight is 275 g/mol. The number of tetrazole rings is 1. The summed E-state index contributed by atoms with van der Waals surface area (Å²) in [6, 6.07) is 6.71. The molecule has 2 rings (SSSR count). The van der Waals surface area contributed by atoms with E-state index >= 15 is 0 Å². The Morgan fingerprint density at radius 1 is 1.40 bits per heavy atom. The molecule has 0 bridgehead atoms. The summed E-state index contributed by atoms with van der Waals surface area (Å²) in [6.07, 6.45) is 0. The van der Waals surface area contributed by atoms with Gasteiger partial charge in [0, 0.05) is 5.56 Å². The van der Waals surface area contributed by atoms with E-state index in [9.17, 15) is 9.59 Å². The third kappa shape index (κ3) is 2.97. The van der Waals surface area contributed by atoms with E-state index in [0.29, 0.717) is 5.56 Å². The molecule has 0 fully saturated rings. The molecule has 0 saturated heterocycles. The van der Waals surface area contributed by atoms with Gasteiger partial charge >= 0.3 is 5.97 Å². The summed E-state index contributed by atoms with van der Waals surface area (Å²) in [6.45, 7) is 2.17. The van der Waals surface area contributed by atoms with Crippen molar-refractivity contribution in [2.45, 2.75) is 13.5 Å². The summed E-state index contributed by atoms with van der Waals surface area (Å²) in [5, 5.41) is 10.8. The van der Waals surface area contributed by atoms with Gasteiger partial charge in [-0.25, -0.2) is 9.48 Å². The predicted octanol–water partition coefficient (Wildman–Crippen LogP) is -0.00300. The standard InChI is InChI=1S/C12H13N5O3/c1-2-20-12(19)11-14-15-16-17(11)7-8-4-3-5-9(6-8)10(13)18/h3-6H,2,7H2,1H3,(H2,13,18). The van der Waals surface area contributed by atoms with Crippen molar-refractivity contribution < 1.29 is 14.3 Å². The zero-order valence-electron chi connectivity index (χ0n) is 10.8. The fraction of sp³-hybridized carbons (Fsp3) is 0.250. The Morgan fingerprint density at radius 3 is 2.90 bits per heavy atom. The average Bonchev–Trinajstić information content (AvgIpc) is 2.87. The number of primary amides is 1. The Balaban J connectivity index is 2.22. The normalized spacial score (nSPS) is 10.2. The lowest BCUT2D eigenvalue weighted by Gasteiger charge is -2.05. The topological polar surface area (TPSA) is 113 Å². The van der Waals surface area contributed by atoms with Gasteiger partial charge in [-0.1, -0.05) is 12.1 Å². The highest BCUT2D eigenvalue weighted by atomic mass is 16.5. The van der Waals surface area contributed by atoms with Crippen molar-refractivity contribution in [3.05, 3.63) is 41.2 Å². The molecule has 20 heavy (non-hydrogen) atoms. The number of esters is 1. The maximum Gasteiger partial charge on any atom is 0.378 e. The fourth-order valence-corrected chi connectivity index (χ4v) is 1.65. The summed E-state index contributed by atoms with van der Waals surface area (Å²) < 4.78 is 6.15. The molecule has 0 saturated carbocycles. The molecule has 8 nitrogen and oxygen atoms in total. The number of nitrogens with zero attached hydrogens (tertiary/aromatic N) is 4. The van der Waals surface area contributed by atoms with Crippen molar-refractivity contribution in [2.75, 3.05) is 6.61 Å². The van der Waals surface area contributed by atoms with E-state index in [0.717, 1.165) is 5.56 Å². The van der Waals surface area contributed by atoms with E-state index in [1.165, 1.54) is 4.68 Å². The molecule has 1 aromatic heterocycles. The third-order valence-electron chi connectivity index (χ3n) is 2.53. The summed E-state index contributed by atoms with van der Waals surface area (Å²) >= 11 is 0. The minimum absolute atomic E-state index is 0.0105. The lowest BCUT2D eigenvalue weighted by molar-refractivity contribution is 0.0505. The predicted molar refractivity (Wildman–Crippen MR) is 67.8 cm³/mol. The Bertz CT molecular complexity index is 638. The number of rotatable bonds is 5. The maximum absolute atomic E-state index is 11.6. The molecule has 8 heteroatoms. The maximum atomic E-state index is 11.6. The van der Waals surface area contributed by atoms with Gasteiger partial charge in [-0.05, 0) is 35.0 Å². The van der Waals surface area contributed by atoms with Crippen LogP contribution in [0.3, 0.4) is 0 Å². The molecule has 104 valence electrons.